The first-order valence-electron chi connectivity index (χ1n) is 12.7. The van der Waals surface area contributed by atoms with Crippen molar-refractivity contribution in [2.75, 3.05) is 10.2 Å². The van der Waals surface area contributed by atoms with Crippen molar-refractivity contribution in [3.05, 3.63) is 103 Å². The van der Waals surface area contributed by atoms with Gasteiger partial charge in [-0.2, -0.15) is 13.2 Å². The second-order valence-corrected chi connectivity index (χ2v) is 12.9. The number of nitrogens with one attached hydrogen (secondary N) is 1. The molecule has 8 nitrogen and oxygen atoms in total. The number of thioether (sulfide) groups is 1. The van der Waals surface area contributed by atoms with E-state index in [1.807, 2.05) is 0 Å². The molecule has 2 aliphatic heterocycles. The molecule has 0 bridgehead atoms. The van der Waals surface area contributed by atoms with Gasteiger partial charge in [-0.25, -0.2) is 4.90 Å². The molecule has 3 aromatic carbocycles. The first-order chi connectivity index (χ1) is 20.4. The summed E-state index contributed by atoms with van der Waals surface area (Å²) in [5.74, 6) is -3.68. The minimum absolute atomic E-state index is 0.0145. The van der Waals surface area contributed by atoms with Gasteiger partial charge in [0.1, 0.15) is 17.5 Å². The molecule has 1 saturated heterocycles. The quantitative estimate of drug-likeness (QED) is 0.202. The molecule has 2 N–H and O–H groups in total. The van der Waals surface area contributed by atoms with Crippen LogP contribution < -0.4 is 15.1 Å². The lowest BCUT2D eigenvalue weighted by atomic mass is 9.83. The van der Waals surface area contributed by atoms with E-state index < -0.39 is 51.4 Å². The molecule has 3 amide bonds. The van der Waals surface area contributed by atoms with E-state index in [0.29, 0.717) is 25.6 Å². The first kappa shape index (κ1) is 29.2. The van der Waals surface area contributed by atoms with Gasteiger partial charge in [-0.3, -0.25) is 23.7 Å². The van der Waals surface area contributed by atoms with Crippen LogP contribution in [-0.4, -0.2) is 32.6 Å². The second-order valence-electron chi connectivity index (χ2n) is 9.88. The third-order valence-corrected chi connectivity index (χ3v) is 10.2. The monoisotopic (exact) mass is 689 g/mol. The van der Waals surface area contributed by atoms with Crippen LogP contribution in [0.1, 0.15) is 21.9 Å². The van der Waals surface area contributed by atoms with Crippen LogP contribution in [0.2, 0.25) is 0 Å². The highest BCUT2D eigenvalue weighted by molar-refractivity contribution is 9.10. The minimum atomic E-state index is -4.68. The van der Waals surface area contributed by atoms with E-state index in [4.69, 9.17) is 0 Å². The molecule has 43 heavy (non-hydrogen) atoms. The molecule has 14 heteroatoms. The van der Waals surface area contributed by atoms with Crippen LogP contribution in [-0.2, 0) is 27.1 Å². The van der Waals surface area contributed by atoms with Crippen LogP contribution in [0, 0.1) is 5.92 Å². The molecule has 0 saturated carbocycles. The average Bonchev–Trinajstić information content (AvgIpc) is 3.40. The number of phenols is 1. The smallest absolute Gasteiger partial charge is 0.416 e. The van der Waals surface area contributed by atoms with Gasteiger partial charge in [-0.05, 0) is 60.2 Å². The fourth-order valence-corrected chi connectivity index (χ4v) is 8.47. The Bertz CT molecular complexity index is 1840. The van der Waals surface area contributed by atoms with Crippen LogP contribution in [0.25, 0.3) is 0 Å². The molecular weight excluding hydrogens is 671 g/mol. The number of aromatic hydroxyl groups is 1. The highest BCUT2D eigenvalue weighted by Gasteiger charge is 2.57. The maximum absolute atomic E-state index is 13.9. The molecule has 6 rings (SSSR count). The molecule has 3 unspecified atom stereocenters. The van der Waals surface area contributed by atoms with Crippen molar-refractivity contribution in [1.82, 2.24) is 4.57 Å². The van der Waals surface area contributed by atoms with Gasteiger partial charge in [0.15, 0.2) is 0 Å². The Labute approximate surface area is 258 Å². The van der Waals surface area contributed by atoms with Crippen LogP contribution in [0.15, 0.2) is 87.1 Å². The molecule has 1 aromatic heterocycles. The molecule has 3 atom stereocenters. The van der Waals surface area contributed by atoms with Crippen LogP contribution in [0.3, 0.4) is 0 Å². The van der Waals surface area contributed by atoms with Gasteiger partial charge in [0.05, 0.1) is 22.2 Å². The molecule has 220 valence electrons. The summed E-state index contributed by atoms with van der Waals surface area (Å²) >= 11 is 5.25. The van der Waals surface area contributed by atoms with E-state index >= 15 is 0 Å². The number of fused-ring (bicyclic) bond motifs is 2. The number of thiazole rings is 1. The number of nitrogens with zero attached hydrogens (tertiary/aromatic N) is 2. The third-order valence-electron chi connectivity index (χ3n) is 7.14. The summed E-state index contributed by atoms with van der Waals surface area (Å²) in [6.07, 6.45) is -4.68. The molecular formula is C29H19BrF3N3O5S2. The van der Waals surface area contributed by atoms with Crippen molar-refractivity contribution in [2.45, 2.75) is 28.9 Å². The minimum Gasteiger partial charge on any atom is -0.508 e. The average molecular weight is 691 g/mol. The summed E-state index contributed by atoms with van der Waals surface area (Å²) in [4.78, 5) is 54.7. The van der Waals surface area contributed by atoms with Gasteiger partial charge in [0, 0.05) is 21.0 Å². The molecule has 1 fully saturated rings. The molecule has 0 spiro atoms. The largest absolute Gasteiger partial charge is 0.508 e. The Kier molecular flexibility index (Phi) is 7.47. The van der Waals surface area contributed by atoms with Gasteiger partial charge >= 0.3 is 11.0 Å². The lowest BCUT2D eigenvalue weighted by Gasteiger charge is -2.30. The Morgan fingerprint density at radius 2 is 1.70 bits per heavy atom. The van der Waals surface area contributed by atoms with Gasteiger partial charge in [-0.15, -0.1) is 0 Å². The summed E-state index contributed by atoms with van der Waals surface area (Å²) in [6, 6.07) is 16.9. The number of hydrogen-bond donors (Lipinski definition) is 2. The SMILES string of the molecule is O=C(Cn1c2c(sc1=O)C(c1cccc(Br)c1)C1C(=O)N(c3cccc(C(F)(F)F)c3)C(=O)C1S2)Nc1ccc(O)cc1. The van der Waals surface area contributed by atoms with Crippen LogP contribution in [0.5, 0.6) is 5.75 Å². The Balaban J connectivity index is 1.41. The number of carbonyl (C=O) groups is 3. The lowest BCUT2D eigenvalue weighted by Crippen LogP contribution is -2.33. The Morgan fingerprint density at radius 1 is 0.977 bits per heavy atom. The summed E-state index contributed by atoms with van der Waals surface area (Å²) in [5, 5.41) is 11.4. The summed E-state index contributed by atoms with van der Waals surface area (Å²) in [7, 11) is 0. The summed E-state index contributed by atoms with van der Waals surface area (Å²) in [6.45, 7) is -0.388. The molecule has 3 heterocycles. The predicted octanol–water partition coefficient (Wildman–Crippen LogP) is 5.83. The normalized spacial score (nSPS) is 19.7. The Morgan fingerprint density at radius 3 is 2.40 bits per heavy atom. The van der Waals surface area contributed by atoms with Crippen LogP contribution >= 0.6 is 39.0 Å². The number of rotatable bonds is 5. The van der Waals surface area contributed by atoms with E-state index in [0.717, 1.165) is 46.2 Å². The number of carbonyl (C=O) groups excluding carboxylic acids is 3. The first-order valence-corrected chi connectivity index (χ1v) is 15.2. The van der Waals surface area contributed by atoms with E-state index in [1.165, 1.54) is 34.9 Å². The fraction of sp³-hybridized carbons (Fsp3) is 0.172. The predicted molar refractivity (Wildman–Crippen MR) is 158 cm³/mol. The van der Waals surface area contributed by atoms with Gasteiger partial charge in [0.2, 0.25) is 17.7 Å². The highest BCUT2D eigenvalue weighted by atomic mass is 79.9. The van der Waals surface area contributed by atoms with Crippen LogP contribution in [0.4, 0.5) is 24.5 Å². The van der Waals surface area contributed by atoms with Crippen molar-refractivity contribution in [3.63, 3.8) is 0 Å². The number of anilines is 2. The third kappa shape index (κ3) is 5.38. The molecule has 0 aliphatic carbocycles. The zero-order valence-corrected chi connectivity index (χ0v) is 24.9. The zero-order chi connectivity index (χ0) is 30.6. The lowest BCUT2D eigenvalue weighted by molar-refractivity contribution is -0.137. The van der Waals surface area contributed by atoms with Crippen molar-refractivity contribution >= 4 is 68.1 Å². The zero-order valence-electron chi connectivity index (χ0n) is 21.7. The second kappa shape index (κ2) is 11.0. The van der Waals surface area contributed by atoms with Crippen molar-refractivity contribution < 1.29 is 32.7 Å². The fourth-order valence-electron chi connectivity index (χ4n) is 5.28. The van der Waals surface area contributed by atoms with Gasteiger partial charge in [-0.1, -0.05) is 57.2 Å². The van der Waals surface area contributed by atoms with Crippen molar-refractivity contribution in [3.8, 4) is 5.75 Å². The van der Waals surface area contributed by atoms with Crippen molar-refractivity contribution in [1.29, 1.82) is 0 Å². The van der Waals surface area contributed by atoms with E-state index in [9.17, 15) is 37.5 Å². The number of amides is 3. The maximum Gasteiger partial charge on any atom is 0.416 e. The molecule has 0 radical (unpaired) electrons. The number of benzene rings is 3. The number of imide groups is 1. The Hall–Kier alpha value is -3.88. The number of phenolic OH excluding ortho intramolecular Hbond substituents is 1. The number of alkyl halides is 3. The van der Waals surface area contributed by atoms with E-state index in [-0.39, 0.29) is 18.0 Å². The molecule has 2 aliphatic rings. The van der Waals surface area contributed by atoms with Crippen molar-refractivity contribution in [2.24, 2.45) is 5.92 Å². The van der Waals surface area contributed by atoms with E-state index in [1.54, 1.807) is 24.3 Å². The standard InChI is InChI=1S/C29H19BrF3N3O5S2/c30-16-5-1-3-14(11-16)21-22-23(26(40)36(25(22)39)18-6-2-4-15(12-18)29(31,32)33)42-27-24(21)43-28(41)35(27)13-20(38)34-17-7-9-19(37)10-8-17/h1-12,21-23,37H,13H2,(H,34,38). The summed E-state index contributed by atoms with van der Waals surface area (Å²) < 4.78 is 42.4. The topological polar surface area (TPSA) is 109 Å². The number of hydrogen-bond acceptors (Lipinski definition) is 7. The number of aromatic nitrogens is 1. The maximum atomic E-state index is 13.9. The highest BCUT2D eigenvalue weighted by Crippen LogP contribution is 2.54. The van der Waals surface area contributed by atoms with Gasteiger partial charge < -0.3 is 10.4 Å². The number of halogens is 4. The molecule has 4 aromatic rings. The van der Waals surface area contributed by atoms with E-state index in [2.05, 4.69) is 21.2 Å². The van der Waals surface area contributed by atoms with Gasteiger partial charge in [0.25, 0.3) is 0 Å². The summed E-state index contributed by atoms with van der Waals surface area (Å²) in [5.41, 5.74) is -0.168.